The standard InChI is InChI=1S/C15H10F6O2/c16-14(17,18)13(15(19,20)21,22-11-7-3-1-4-8-11)23-12-9-5-2-6-10-12/h1-10H. The molecule has 124 valence electrons. The molecule has 2 aromatic carbocycles. The lowest BCUT2D eigenvalue weighted by Crippen LogP contribution is -2.65. The molecule has 0 spiro atoms. The van der Waals surface area contributed by atoms with Gasteiger partial charge in [0.15, 0.2) is 0 Å². The molecule has 0 bridgehead atoms. The van der Waals surface area contributed by atoms with E-state index in [1.54, 1.807) is 0 Å². The van der Waals surface area contributed by atoms with Crippen molar-refractivity contribution in [2.75, 3.05) is 0 Å². The van der Waals surface area contributed by atoms with Crippen molar-refractivity contribution in [1.29, 1.82) is 0 Å². The Kier molecular flexibility index (Phi) is 4.44. The van der Waals surface area contributed by atoms with Crippen LogP contribution in [0.2, 0.25) is 0 Å². The van der Waals surface area contributed by atoms with Crippen molar-refractivity contribution in [3.05, 3.63) is 60.7 Å². The summed E-state index contributed by atoms with van der Waals surface area (Å²) in [5.41, 5.74) is 0. The molecule has 0 atom stereocenters. The molecule has 0 aliphatic carbocycles. The largest absolute Gasteiger partial charge is 0.478 e. The van der Waals surface area contributed by atoms with Crippen LogP contribution in [0, 0.1) is 0 Å². The summed E-state index contributed by atoms with van der Waals surface area (Å²) in [6.45, 7) is 0. The van der Waals surface area contributed by atoms with E-state index < -0.39 is 29.6 Å². The summed E-state index contributed by atoms with van der Waals surface area (Å²) in [6.07, 6.45) is -11.7. The predicted molar refractivity (Wildman–Crippen MR) is 69.0 cm³/mol. The first kappa shape index (κ1) is 17.0. The highest BCUT2D eigenvalue weighted by Gasteiger charge is 2.77. The molecule has 0 fully saturated rings. The Balaban J connectivity index is 2.51. The van der Waals surface area contributed by atoms with Gasteiger partial charge in [-0.2, -0.15) is 26.3 Å². The highest BCUT2D eigenvalue weighted by atomic mass is 19.4. The summed E-state index contributed by atoms with van der Waals surface area (Å²) in [5.74, 6) is -6.07. The fourth-order valence-corrected chi connectivity index (χ4v) is 1.72. The third-order valence-electron chi connectivity index (χ3n) is 2.76. The predicted octanol–water partition coefficient (Wildman–Crippen LogP) is 4.97. The minimum absolute atomic E-state index is 0.627. The van der Waals surface area contributed by atoms with Crippen LogP contribution in [-0.2, 0) is 0 Å². The van der Waals surface area contributed by atoms with Crippen LogP contribution < -0.4 is 9.47 Å². The number of hydrogen-bond acceptors (Lipinski definition) is 2. The third-order valence-corrected chi connectivity index (χ3v) is 2.76. The van der Waals surface area contributed by atoms with Crippen LogP contribution in [0.3, 0.4) is 0 Å². The number of rotatable bonds is 4. The Morgan fingerprint density at radius 2 is 0.826 bits per heavy atom. The Hall–Kier alpha value is -2.38. The van der Waals surface area contributed by atoms with Gasteiger partial charge in [0.05, 0.1) is 0 Å². The van der Waals surface area contributed by atoms with Crippen LogP contribution in [0.5, 0.6) is 11.5 Å². The fourth-order valence-electron chi connectivity index (χ4n) is 1.72. The van der Waals surface area contributed by atoms with Crippen molar-refractivity contribution in [3.63, 3.8) is 0 Å². The summed E-state index contributed by atoms with van der Waals surface area (Å²) in [6, 6.07) is 11.7. The Labute approximate surface area is 127 Å². The second-order valence-electron chi connectivity index (χ2n) is 4.44. The summed E-state index contributed by atoms with van der Waals surface area (Å²) in [4.78, 5) is 0. The second kappa shape index (κ2) is 6.02. The average Bonchev–Trinajstić information content (AvgIpc) is 2.46. The Bertz CT molecular complexity index is 564. The van der Waals surface area contributed by atoms with E-state index >= 15 is 0 Å². The summed E-state index contributed by atoms with van der Waals surface area (Å²) >= 11 is 0. The molecule has 2 rings (SSSR count). The van der Waals surface area contributed by atoms with E-state index in [1.165, 1.54) is 36.4 Å². The fraction of sp³-hybridized carbons (Fsp3) is 0.200. The number of hydrogen-bond donors (Lipinski definition) is 0. The number of ether oxygens (including phenoxy) is 2. The Morgan fingerprint density at radius 3 is 1.09 bits per heavy atom. The maximum absolute atomic E-state index is 13.3. The number of alkyl halides is 6. The van der Waals surface area contributed by atoms with Gasteiger partial charge in [0.2, 0.25) is 0 Å². The lowest BCUT2D eigenvalue weighted by molar-refractivity contribution is -0.422. The minimum atomic E-state index is -5.86. The van der Waals surface area contributed by atoms with Crippen molar-refractivity contribution < 1.29 is 35.8 Å². The topological polar surface area (TPSA) is 18.5 Å². The van der Waals surface area contributed by atoms with Crippen molar-refractivity contribution >= 4 is 0 Å². The maximum Gasteiger partial charge on any atom is 0.478 e. The zero-order chi connectivity index (χ0) is 17.1. The van der Waals surface area contributed by atoms with Crippen LogP contribution in [0.4, 0.5) is 26.3 Å². The molecular weight excluding hydrogens is 326 g/mol. The summed E-state index contributed by atoms with van der Waals surface area (Å²) in [5, 5.41) is 0. The SMILES string of the molecule is FC(F)(F)C(Oc1ccccc1)(Oc1ccccc1)C(F)(F)F. The van der Waals surface area contributed by atoms with Crippen molar-refractivity contribution in [2.24, 2.45) is 0 Å². The van der Waals surface area contributed by atoms with Crippen LogP contribution in [0.15, 0.2) is 60.7 Å². The van der Waals surface area contributed by atoms with Gasteiger partial charge in [0, 0.05) is 0 Å². The zero-order valence-electron chi connectivity index (χ0n) is 11.4. The quantitative estimate of drug-likeness (QED) is 0.580. The van der Waals surface area contributed by atoms with Gasteiger partial charge in [-0.05, 0) is 24.3 Å². The molecule has 0 saturated heterocycles. The molecule has 23 heavy (non-hydrogen) atoms. The van der Waals surface area contributed by atoms with E-state index in [2.05, 4.69) is 9.47 Å². The first-order chi connectivity index (χ1) is 10.7. The molecule has 0 aromatic heterocycles. The zero-order valence-corrected chi connectivity index (χ0v) is 11.4. The molecular formula is C15H10F6O2. The van der Waals surface area contributed by atoms with Gasteiger partial charge < -0.3 is 9.47 Å². The molecule has 0 aliphatic heterocycles. The third kappa shape index (κ3) is 3.52. The van der Waals surface area contributed by atoms with Gasteiger partial charge in [-0.25, -0.2) is 0 Å². The van der Waals surface area contributed by atoms with Crippen molar-refractivity contribution in [1.82, 2.24) is 0 Å². The van der Waals surface area contributed by atoms with Gasteiger partial charge in [0.25, 0.3) is 0 Å². The molecule has 2 aromatic rings. The average molecular weight is 336 g/mol. The summed E-state index contributed by atoms with van der Waals surface area (Å²) in [7, 11) is 0. The van der Waals surface area contributed by atoms with E-state index in [0.717, 1.165) is 24.3 Å². The highest BCUT2D eigenvalue weighted by molar-refractivity contribution is 5.25. The normalized spacial score (nSPS) is 12.8. The van der Waals surface area contributed by atoms with E-state index in [-0.39, 0.29) is 0 Å². The second-order valence-corrected chi connectivity index (χ2v) is 4.44. The molecule has 0 N–H and O–H groups in total. The summed E-state index contributed by atoms with van der Waals surface area (Å²) < 4.78 is 88.2. The molecule has 0 radical (unpaired) electrons. The monoisotopic (exact) mass is 336 g/mol. The van der Waals surface area contributed by atoms with Crippen LogP contribution in [-0.4, -0.2) is 18.1 Å². The van der Waals surface area contributed by atoms with Gasteiger partial charge >= 0.3 is 18.1 Å². The molecule has 8 heteroatoms. The molecule has 0 saturated carbocycles. The van der Waals surface area contributed by atoms with E-state index in [9.17, 15) is 26.3 Å². The van der Waals surface area contributed by atoms with Crippen molar-refractivity contribution in [3.8, 4) is 11.5 Å². The Morgan fingerprint density at radius 1 is 0.522 bits per heavy atom. The van der Waals surface area contributed by atoms with Crippen LogP contribution >= 0.6 is 0 Å². The first-order valence-corrected chi connectivity index (χ1v) is 6.27. The first-order valence-electron chi connectivity index (χ1n) is 6.27. The molecule has 0 aliphatic rings. The van der Waals surface area contributed by atoms with Crippen LogP contribution in [0.1, 0.15) is 0 Å². The molecule has 0 heterocycles. The van der Waals surface area contributed by atoms with Gasteiger partial charge in [0.1, 0.15) is 11.5 Å². The number of benzene rings is 2. The lowest BCUT2D eigenvalue weighted by atomic mass is 10.2. The minimum Gasteiger partial charge on any atom is -0.438 e. The van der Waals surface area contributed by atoms with Gasteiger partial charge in [-0.3, -0.25) is 0 Å². The van der Waals surface area contributed by atoms with Crippen molar-refractivity contribution in [2.45, 2.75) is 18.1 Å². The smallest absolute Gasteiger partial charge is 0.438 e. The van der Waals surface area contributed by atoms with E-state index in [0.29, 0.717) is 0 Å². The van der Waals surface area contributed by atoms with Crippen LogP contribution in [0.25, 0.3) is 0 Å². The van der Waals surface area contributed by atoms with E-state index in [1.807, 2.05) is 0 Å². The molecule has 0 amide bonds. The maximum atomic E-state index is 13.3. The molecule has 2 nitrogen and oxygen atoms in total. The number of halogens is 6. The molecule has 0 unspecified atom stereocenters. The number of para-hydroxylation sites is 2. The lowest BCUT2D eigenvalue weighted by Gasteiger charge is -2.36. The van der Waals surface area contributed by atoms with Gasteiger partial charge in [-0.15, -0.1) is 0 Å². The van der Waals surface area contributed by atoms with Gasteiger partial charge in [-0.1, -0.05) is 36.4 Å². The highest BCUT2D eigenvalue weighted by Crippen LogP contribution is 2.47. The van der Waals surface area contributed by atoms with E-state index in [4.69, 9.17) is 0 Å².